The summed E-state index contributed by atoms with van der Waals surface area (Å²) < 4.78 is 29.6. The largest absolute Gasteiger partial charge is 0.330 e. The molecule has 1 saturated carbocycles. The monoisotopic (exact) mass is 335 g/mol. The van der Waals surface area contributed by atoms with Crippen molar-refractivity contribution in [2.75, 3.05) is 26.2 Å². The van der Waals surface area contributed by atoms with Crippen LogP contribution < -0.4 is 5.73 Å². The van der Waals surface area contributed by atoms with Crippen LogP contribution in [-0.2, 0) is 10.2 Å². The van der Waals surface area contributed by atoms with Crippen LogP contribution in [0.15, 0.2) is 30.3 Å². The number of piperidine rings is 1. The molecule has 5 nitrogen and oxygen atoms in total. The summed E-state index contributed by atoms with van der Waals surface area (Å²) in [6.45, 7) is 2.35. The van der Waals surface area contributed by atoms with Gasteiger partial charge in [-0.05, 0) is 43.2 Å². The SMILES string of the molecule is NC[C@@H]1CN(S(=O)(=O)N2CC3CCC2C3)C[C@H]1c1ccccc1. The first-order valence-corrected chi connectivity index (χ1v) is 10.0. The smallest absolute Gasteiger partial charge is 0.282 e. The second-order valence-corrected chi connectivity index (χ2v) is 9.12. The second-order valence-electron chi connectivity index (χ2n) is 7.24. The highest BCUT2D eigenvalue weighted by Gasteiger charge is 2.48. The molecule has 2 unspecified atom stereocenters. The Kier molecular flexibility index (Phi) is 3.96. The van der Waals surface area contributed by atoms with Gasteiger partial charge in [0.15, 0.2) is 0 Å². The quantitative estimate of drug-likeness (QED) is 0.904. The topological polar surface area (TPSA) is 66.6 Å². The Labute approximate surface area is 138 Å². The number of nitrogens with zero attached hydrogens (tertiary/aromatic N) is 2. The van der Waals surface area contributed by atoms with E-state index in [1.807, 2.05) is 18.2 Å². The van der Waals surface area contributed by atoms with Gasteiger partial charge in [0.05, 0.1) is 0 Å². The Morgan fingerprint density at radius 2 is 1.87 bits per heavy atom. The molecule has 2 heterocycles. The van der Waals surface area contributed by atoms with Crippen LogP contribution in [0.5, 0.6) is 0 Å². The fraction of sp³-hybridized carbons (Fsp3) is 0.647. The van der Waals surface area contributed by atoms with Crippen LogP contribution in [0.25, 0.3) is 0 Å². The van der Waals surface area contributed by atoms with Crippen LogP contribution in [0, 0.1) is 11.8 Å². The van der Waals surface area contributed by atoms with Crippen molar-refractivity contribution in [3.05, 3.63) is 35.9 Å². The molecule has 1 aliphatic carbocycles. The Morgan fingerprint density at radius 1 is 1.09 bits per heavy atom. The highest BCUT2D eigenvalue weighted by Crippen LogP contribution is 2.41. The maximum atomic E-state index is 13.1. The van der Waals surface area contributed by atoms with E-state index < -0.39 is 10.2 Å². The maximum Gasteiger partial charge on any atom is 0.282 e. The van der Waals surface area contributed by atoms with Crippen molar-refractivity contribution < 1.29 is 8.42 Å². The summed E-state index contributed by atoms with van der Waals surface area (Å²) in [6.07, 6.45) is 3.27. The van der Waals surface area contributed by atoms with Crippen molar-refractivity contribution in [3.8, 4) is 0 Å². The molecule has 0 spiro atoms. The van der Waals surface area contributed by atoms with Crippen molar-refractivity contribution in [3.63, 3.8) is 0 Å². The molecule has 0 aromatic heterocycles. The van der Waals surface area contributed by atoms with Gasteiger partial charge < -0.3 is 5.73 Å². The lowest BCUT2D eigenvalue weighted by Crippen LogP contribution is -2.46. The standard InChI is InChI=1S/C17H25N3O2S/c18-9-15-11-19(12-17(15)14-4-2-1-3-5-14)23(21,22)20-10-13-6-7-16(20)8-13/h1-5,13,15-17H,6-12,18H2/t13?,15-,16?,17+/m1/s1. The van der Waals surface area contributed by atoms with Crippen molar-refractivity contribution >= 4 is 10.2 Å². The van der Waals surface area contributed by atoms with Gasteiger partial charge in [-0.25, -0.2) is 0 Å². The Morgan fingerprint density at radius 3 is 2.48 bits per heavy atom. The molecule has 3 fully saturated rings. The lowest BCUT2D eigenvalue weighted by molar-refractivity contribution is 0.302. The zero-order chi connectivity index (χ0) is 16.0. The summed E-state index contributed by atoms with van der Waals surface area (Å²) >= 11 is 0. The summed E-state index contributed by atoms with van der Waals surface area (Å²) in [5.41, 5.74) is 7.14. The molecule has 2 N–H and O–H groups in total. The van der Waals surface area contributed by atoms with E-state index in [9.17, 15) is 8.42 Å². The molecule has 4 atom stereocenters. The van der Waals surface area contributed by atoms with Crippen LogP contribution in [0.4, 0.5) is 0 Å². The van der Waals surface area contributed by atoms with E-state index in [2.05, 4.69) is 12.1 Å². The van der Waals surface area contributed by atoms with Crippen molar-refractivity contribution in [1.82, 2.24) is 8.61 Å². The Hall–Kier alpha value is -0.950. The van der Waals surface area contributed by atoms with Gasteiger partial charge in [0.1, 0.15) is 0 Å². The molecule has 4 rings (SSSR count). The van der Waals surface area contributed by atoms with E-state index in [0.29, 0.717) is 32.1 Å². The van der Waals surface area contributed by atoms with Crippen molar-refractivity contribution in [2.45, 2.75) is 31.2 Å². The zero-order valence-corrected chi connectivity index (χ0v) is 14.2. The molecular formula is C17H25N3O2S. The van der Waals surface area contributed by atoms with Crippen molar-refractivity contribution in [2.24, 2.45) is 17.6 Å². The third-order valence-corrected chi connectivity index (χ3v) is 7.91. The number of benzene rings is 1. The normalized spacial score (nSPS) is 35.2. The van der Waals surface area contributed by atoms with Gasteiger partial charge in [0.2, 0.25) is 0 Å². The average molecular weight is 335 g/mol. The minimum Gasteiger partial charge on any atom is -0.330 e. The molecule has 126 valence electrons. The van der Waals surface area contributed by atoms with E-state index in [1.54, 1.807) is 8.61 Å². The number of fused-ring (bicyclic) bond motifs is 2. The van der Waals surface area contributed by atoms with Crippen LogP contribution >= 0.6 is 0 Å². The minimum absolute atomic E-state index is 0.201. The van der Waals surface area contributed by atoms with Gasteiger partial charge >= 0.3 is 0 Å². The van der Waals surface area contributed by atoms with Crippen molar-refractivity contribution in [1.29, 1.82) is 0 Å². The maximum absolute atomic E-state index is 13.1. The predicted octanol–water partition coefficient (Wildman–Crippen LogP) is 1.39. The first-order valence-electron chi connectivity index (χ1n) is 8.61. The average Bonchev–Trinajstić information content (AvgIpc) is 3.30. The fourth-order valence-corrected chi connectivity index (χ4v) is 6.64. The molecule has 2 saturated heterocycles. The fourth-order valence-electron chi connectivity index (χ4n) is 4.65. The molecule has 2 aliphatic heterocycles. The van der Waals surface area contributed by atoms with E-state index in [4.69, 9.17) is 5.73 Å². The second kappa shape index (κ2) is 5.84. The molecule has 1 aromatic carbocycles. The molecule has 3 aliphatic rings. The lowest BCUT2D eigenvalue weighted by Gasteiger charge is -2.30. The number of hydrogen-bond acceptors (Lipinski definition) is 3. The minimum atomic E-state index is -3.34. The van der Waals surface area contributed by atoms with E-state index in [0.717, 1.165) is 12.8 Å². The third kappa shape index (κ3) is 2.61. The lowest BCUT2D eigenvalue weighted by atomic mass is 9.89. The molecule has 0 amide bonds. The van der Waals surface area contributed by atoms with Gasteiger partial charge in [0.25, 0.3) is 10.2 Å². The predicted molar refractivity (Wildman–Crippen MR) is 90.1 cm³/mol. The Bertz CT molecular complexity index is 664. The summed E-state index contributed by atoms with van der Waals surface area (Å²) in [4.78, 5) is 0. The van der Waals surface area contributed by atoms with E-state index in [-0.39, 0.29) is 17.9 Å². The van der Waals surface area contributed by atoms with Gasteiger partial charge in [-0.15, -0.1) is 0 Å². The van der Waals surface area contributed by atoms with Crippen LogP contribution in [0.3, 0.4) is 0 Å². The molecule has 2 bridgehead atoms. The van der Waals surface area contributed by atoms with E-state index in [1.165, 1.54) is 12.0 Å². The zero-order valence-electron chi connectivity index (χ0n) is 13.3. The van der Waals surface area contributed by atoms with Crippen LogP contribution in [0.1, 0.15) is 30.7 Å². The number of hydrogen-bond donors (Lipinski definition) is 1. The highest BCUT2D eigenvalue weighted by molar-refractivity contribution is 7.86. The van der Waals surface area contributed by atoms with Gasteiger partial charge in [-0.1, -0.05) is 30.3 Å². The van der Waals surface area contributed by atoms with Gasteiger partial charge in [0, 0.05) is 31.6 Å². The Balaban J connectivity index is 1.56. The molecule has 6 heteroatoms. The summed E-state index contributed by atoms with van der Waals surface area (Å²) in [5, 5.41) is 0. The number of rotatable bonds is 4. The summed E-state index contributed by atoms with van der Waals surface area (Å²) in [5.74, 6) is 0.982. The van der Waals surface area contributed by atoms with E-state index >= 15 is 0 Å². The highest BCUT2D eigenvalue weighted by atomic mass is 32.2. The first kappa shape index (κ1) is 15.6. The van der Waals surface area contributed by atoms with Crippen LogP contribution in [-0.4, -0.2) is 49.2 Å². The molecule has 23 heavy (non-hydrogen) atoms. The first-order chi connectivity index (χ1) is 11.1. The molecular weight excluding hydrogens is 310 g/mol. The molecule has 1 aromatic rings. The molecule has 0 radical (unpaired) electrons. The van der Waals surface area contributed by atoms with Crippen LogP contribution in [0.2, 0.25) is 0 Å². The third-order valence-electron chi connectivity index (χ3n) is 5.92. The summed E-state index contributed by atoms with van der Waals surface area (Å²) in [7, 11) is -3.34. The number of nitrogens with two attached hydrogens (primary N) is 1. The summed E-state index contributed by atoms with van der Waals surface area (Å²) in [6, 6.07) is 10.4. The van der Waals surface area contributed by atoms with Gasteiger partial charge in [-0.2, -0.15) is 17.0 Å². The van der Waals surface area contributed by atoms with Gasteiger partial charge in [-0.3, -0.25) is 0 Å².